The smallest absolute Gasteiger partial charge is 0.156 e. The number of nitrogens with zero attached hydrogens (tertiary/aromatic N) is 4. The van der Waals surface area contributed by atoms with E-state index in [-0.39, 0.29) is 6.04 Å². The topological polar surface area (TPSA) is 64.9 Å². The van der Waals surface area contributed by atoms with Crippen LogP contribution < -0.4 is 5.32 Å². The fourth-order valence-corrected chi connectivity index (χ4v) is 2.78. The predicted octanol–water partition coefficient (Wildman–Crippen LogP) is 3.48. The number of halogens is 1. The lowest BCUT2D eigenvalue weighted by atomic mass is 10.1. The first-order chi connectivity index (χ1) is 12.2. The van der Waals surface area contributed by atoms with E-state index in [1.165, 1.54) is 0 Å². The van der Waals surface area contributed by atoms with Gasteiger partial charge in [0.15, 0.2) is 5.82 Å². The summed E-state index contributed by atoms with van der Waals surface area (Å²) in [6.45, 7) is 2.98. The van der Waals surface area contributed by atoms with Crippen LogP contribution in [-0.2, 0) is 11.3 Å². The summed E-state index contributed by atoms with van der Waals surface area (Å²) in [5.74, 6) is 1.44. The largest absolute Gasteiger partial charge is 0.377 e. The molecule has 0 spiro atoms. The van der Waals surface area contributed by atoms with Gasteiger partial charge in [0, 0.05) is 42.8 Å². The molecule has 0 aliphatic rings. The van der Waals surface area contributed by atoms with Gasteiger partial charge >= 0.3 is 0 Å². The van der Waals surface area contributed by atoms with Crippen LogP contribution in [0.25, 0.3) is 0 Å². The van der Waals surface area contributed by atoms with Crippen LogP contribution in [0.3, 0.4) is 0 Å². The van der Waals surface area contributed by atoms with Crippen molar-refractivity contribution in [1.82, 2.24) is 19.5 Å². The van der Waals surface area contributed by atoms with Crippen molar-refractivity contribution in [2.45, 2.75) is 19.6 Å². The molecular weight excluding hydrogens is 338 g/mol. The van der Waals surface area contributed by atoms with Crippen LogP contribution >= 0.6 is 11.6 Å². The Kier molecular flexibility index (Phi) is 5.63. The summed E-state index contributed by atoms with van der Waals surface area (Å²) in [7, 11) is 1.63. The van der Waals surface area contributed by atoms with E-state index >= 15 is 0 Å². The molecule has 3 aromatic rings. The number of imidazole rings is 1. The predicted molar refractivity (Wildman–Crippen MR) is 97.8 cm³/mol. The van der Waals surface area contributed by atoms with Gasteiger partial charge in [-0.25, -0.2) is 15.0 Å². The zero-order valence-electron chi connectivity index (χ0n) is 14.2. The van der Waals surface area contributed by atoms with Crippen LogP contribution in [0.15, 0.2) is 49.1 Å². The van der Waals surface area contributed by atoms with Crippen molar-refractivity contribution in [3.63, 3.8) is 0 Å². The van der Waals surface area contributed by atoms with Gasteiger partial charge in [-0.2, -0.15) is 0 Å². The van der Waals surface area contributed by atoms with Crippen LogP contribution in [0.5, 0.6) is 0 Å². The van der Waals surface area contributed by atoms with E-state index in [0.29, 0.717) is 19.0 Å². The highest BCUT2D eigenvalue weighted by Gasteiger charge is 2.14. The molecule has 0 fully saturated rings. The van der Waals surface area contributed by atoms with Crippen LogP contribution in [-0.4, -0.2) is 33.2 Å². The number of aryl methyl sites for hydroxylation is 1. The fraction of sp³-hybridized carbons (Fsp3) is 0.278. The SMILES string of the molecule is COCc1nc(C)cc(NCC(c2ccc(Cl)cc2)n2ccnc2)n1. The maximum atomic E-state index is 6.02. The molecule has 2 aromatic heterocycles. The molecule has 3 rings (SSSR count). The highest BCUT2D eigenvalue weighted by Crippen LogP contribution is 2.21. The number of ether oxygens (including phenoxy) is 1. The molecule has 2 heterocycles. The summed E-state index contributed by atoms with van der Waals surface area (Å²) in [6.07, 6.45) is 5.53. The molecule has 1 atom stereocenters. The average molecular weight is 358 g/mol. The van der Waals surface area contributed by atoms with Gasteiger partial charge in [-0.05, 0) is 24.6 Å². The summed E-state index contributed by atoms with van der Waals surface area (Å²) in [5, 5.41) is 4.12. The van der Waals surface area contributed by atoms with Crippen LogP contribution in [0, 0.1) is 6.92 Å². The third-order valence-electron chi connectivity index (χ3n) is 3.79. The van der Waals surface area contributed by atoms with Crippen LogP contribution in [0.1, 0.15) is 23.1 Å². The molecule has 0 bridgehead atoms. The standard InChI is InChI=1S/C18H20ClN5O/c1-13-9-17(23-18(22-13)11-25-2)21-10-16(24-8-7-20-12-24)14-3-5-15(19)6-4-14/h3-9,12,16H,10-11H2,1-2H3,(H,21,22,23). The van der Waals surface area contributed by atoms with Crippen molar-refractivity contribution in [1.29, 1.82) is 0 Å². The van der Waals surface area contributed by atoms with E-state index in [0.717, 1.165) is 22.1 Å². The third-order valence-corrected chi connectivity index (χ3v) is 4.04. The minimum Gasteiger partial charge on any atom is -0.377 e. The molecule has 6 nitrogen and oxygen atoms in total. The second-order valence-electron chi connectivity index (χ2n) is 5.70. The van der Waals surface area contributed by atoms with E-state index in [9.17, 15) is 0 Å². The molecule has 1 unspecified atom stereocenters. The molecule has 1 aromatic carbocycles. The minimum absolute atomic E-state index is 0.0703. The number of benzene rings is 1. The van der Waals surface area contributed by atoms with Gasteiger partial charge in [-0.15, -0.1) is 0 Å². The Bertz CT molecular complexity index is 805. The van der Waals surface area contributed by atoms with Crippen LogP contribution in [0.2, 0.25) is 5.02 Å². The molecular formula is C18H20ClN5O. The van der Waals surface area contributed by atoms with E-state index in [1.54, 1.807) is 13.3 Å². The first-order valence-corrected chi connectivity index (χ1v) is 8.34. The number of nitrogens with one attached hydrogen (secondary N) is 1. The number of aromatic nitrogens is 4. The Labute approximate surface area is 151 Å². The van der Waals surface area contributed by atoms with Gasteiger partial charge in [-0.3, -0.25) is 0 Å². The lowest BCUT2D eigenvalue weighted by molar-refractivity contribution is 0.177. The first-order valence-electron chi connectivity index (χ1n) is 7.96. The molecule has 7 heteroatoms. The van der Waals surface area contributed by atoms with Gasteiger partial charge < -0.3 is 14.6 Å². The zero-order chi connectivity index (χ0) is 17.6. The molecule has 0 aliphatic carbocycles. The summed E-state index contributed by atoms with van der Waals surface area (Å²) in [5.41, 5.74) is 2.04. The molecule has 130 valence electrons. The molecule has 25 heavy (non-hydrogen) atoms. The molecule has 0 saturated heterocycles. The average Bonchev–Trinajstić information content (AvgIpc) is 3.11. The summed E-state index contributed by atoms with van der Waals surface area (Å²) in [4.78, 5) is 13.0. The second kappa shape index (κ2) is 8.09. The number of hydrogen-bond donors (Lipinski definition) is 1. The third kappa shape index (κ3) is 4.55. The monoisotopic (exact) mass is 357 g/mol. The van der Waals surface area contributed by atoms with Crippen molar-refractivity contribution in [2.75, 3.05) is 19.0 Å². The van der Waals surface area contributed by atoms with E-state index in [2.05, 4.69) is 24.8 Å². The lowest BCUT2D eigenvalue weighted by Crippen LogP contribution is -2.20. The summed E-state index contributed by atoms with van der Waals surface area (Å²) < 4.78 is 7.18. The lowest BCUT2D eigenvalue weighted by Gasteiger charge is -2.20. The van der Waals surface area contributed by atoms with E-state index < -0.39 is 0 Å². The number of hydrogen-bond acceptors (Lipinski definition) is 5. The van der Waals surface area contributed by atoms with Gasteiger partial charge in [0.05, 0.1) is 12.4 Å². The van der Waals surface area contributed by atoms with Gasteiger partial charge in [0.25, 0.3) is 0 Å². The zero-order valence-corrected chi connectivity index (χ0v) is 14.9. The second-order valence-corrected chi connectivity index (χ2v) is 6.14. The van der Waals surface area contributed by atoms with Gasteiger partial charge in [0.2, 0.25) is 0 Å². The Morgan fingerprint density at radius 3 is 2.72 bits per heavy atom. The summed E-state index contributed by atoms with van der Waals surface area (Å²) >= 11 is 6.02. The van der Waals surface area contributed by atoms with Crippen molar-refractivity contribution >= 4 is 17.4 Å². The fourth-order valence-electron chi connectivity index (χ4n) is 2.65. The first kappa shape index (κ1) is 17.4. The highest BCUT2D eigenvalue weighted by atomic mass is 35.5. The molecule has 0 amide bonds. The quantitative estimate of drug-likeness (QED) is 0.701. The Morgan fingerprint density at radius 2 is 2.04 bits per heavy atom. The number of anilines is 1. The van der Waals surface area contributed by atoms with Crippen molar-refractivity contribution in [3.8, 4) is 0 Å². The van der Waals surface area contributed by atoms with E-state index in [4.69, 9.17) is 16.3 Å². The van der Waals surface area contributed by atoms with Crippen molar-refractivity contribution < 1.29 is 4.74 Å². The molecule has 0 saturated carbocycles. The summed E-state index contributed by atoms with van der Waals surface area (Å²) in [6, 6.07) is 9.83. The maximum Gasteiger partial charge on any atom is 0.156 e. The number of rotatable bonds is 7. The van der Waals surface area contributed by atoms with E-state index in [1.807, 2.05) is 49.8 Å². The Balaban J connectivity index is 1.81. The normalized spacial score (nSPS) is 12.1. The van der Waals surface area contributed by atoms with Crippen LogP contribution in [0.4, 0.5) is 5.82 Å². The Hall–Kier alpha value is -2.44. The minimum atomic E-state index is 0.0703. The van der Waals surface area contributed by atoms with Gasteiger partial charge in [-0.1, -0.05) is 23.7 Å². The van der Waals surface area contributed by atoms with Crippen molar-refractivity contribution in [3.05, 3.63) is 71.2 Å². The Morgan fingerprint density at radius 1 is 1.24 bits per heavy atom. The van der Waals surface area contributed by atoms with Gasteiger partial charge in [0.1, 0.15) is 12.4 Å². The number of methoxy groups -OCH3 is 1. The maximum absolute atomic E-state index is 6.02. The molecule has 0 radical (unpaired) electrons. The van der Waals surface area contributed by atoms with Crippen molar-refractivity contribution in [2.24, 2.45) is 0 Å². The highest BCUT2D eigenvalue weighted by molar-refractivity contribution is 6.30. The molecule has 0 aliphatic heterocycles. The molecule has 1 N–H and O–H groups in total.